The third kappa shape index (κ3) is 3.42. The Morgan fingerprint density at radius 3 is 3.00 bits per heavy atom. The van der Waals surface area contributed by atoms with Gasteiger partial charge < -0.3 is 9.84 Å². The van der Waals surface area contributed by atoms with E-state index in [2.05, 4.69) is 25.3 Å². The van der Waals surface area contributed by atoms with Gasteiger partial charge >= 0.3 is 0 Å². The maximum Gasteiger partial charge on any atom is 0.239 e. The summed E-state index contributed by atoms with van der Waals surface area (Å²) in [4.78, 5) is 23.0. The Morgan fingerprint density at radius 2 is 2.25 bits per heavy atom. The van der Waals surface area contributed by atoms with Crippen LogP contribution in [0.25, 0.3) is 0 Å². The molecule has 1 N–H and O–H groups in total. The minimum atomic E-state index is -0.109. The summed E-state index contributed by atoms with van der Waals surface area (Å²) in [6.07, 6.45) is 5.73. The predicted molar refractivity (Wildman–Crippen MR) is 87.7 cm³/mol. The Kier molecular flexibility index (Phi) is 4.20. The monoisotopic (exact) mass is 347 g/mol. The van der Waals surface area contributed by atoms with E-state index in [-0.39, 0.29) is 18.5 Å². The standard InChI is InChI=1S/C16H18ClN5O2/c17-11-5-6-13(18-8-11)19-14(23)9-22-7-1-2-12(22)15-20-16(24-21-15)10-3-4-10/h5-6,8,10,12H,1-4,7,9H2,(H,18,19,23)/t12-/m0/s1. The van der Waals surface area contributed by atoms with Gasteiger partial charge in [-0.1, -0.05) is 16.8 Å². The van der Waals surface area contributed by atoms with E-state index in [1.807, 2.05) is 0 Å². The molecule has 1 atom stereocenters. The van der Waals surface area contributed by atoms with Crippen molar-refractivity contribution >= 4 is 23.3 Å². The van der Waals surface area contributed by atoms with Gasteiger partial charge in [0, 0.05) is 12.1 Å². The van der Waals surface area contributed by atoms with E-state index < -0.39 is 0 Å². The highest BCUT2D eigenvalue weighted by Gasteiger charge is 2.34. The maximum absolute atomic E-state index is 12.3. The van der Waals surface area contributed by atoms with Crippen molar-refractivity contribution in [3.63, 3.8) is 0 Å². The molecule has 3 heterocycles. The number of carbonyl (C=O) groups excluding carboxylic acids is 1. The summed E-state index contributed by atoms with van der Waals surface area (Å²) in [7, 11) is 0. The molecule has 24 heavy (non-hydrogen) atoms. The first kappa shape index (κ1) is 15.5. The quantitative estimate of drug-likeness (QED) is 0.895. The van der Waals surface area contributed by atoms with Crippen LogP contribution in [0.2, 0.25) is 5.02 Å². The van der Waals surface area contributed by atoms with Crippen LogP contribution in [0.15, 0.2) is 22.9 Å². The molecule has 0 aromatic carbocycles. The van der Waals surface area contributed by atoms with Crippen molar-refractivity contribution in [2.24, 2.45) is 0 Å². The van der Waals surface area contributed by atoms with Crippen molar-refractivity contribution < 1.29 is 9.32 Å². The molecule has 1 saturated heterocycles. The first-order valence-corrected chi connectivity index (χ1v) is 8.56. The fraction of sp³-hybridized carbons (Fsp3) is 0.500. The SMILES string of the molecule is O=C(CN1CCC[C@H]1c1noc(C2CC2)n1)Nc1ccc(Cl)cn1. The molecular formula is C16H18ClN5O2. The van der Waals surface area contributed by atoms with Gasteiger partial charge in [0.25, 0.3) is 0 Å². The molecule has 0 unspecified atom stereocenters. The normalized spacial score (nSPS) is 21.1. The van der Waals surface area contributed by atoms with Crippen molar-refractivity contribution in [1.82, 2.24) is 20.0 Å². The smallest absolute Gasteiger partial charge is 0.239 e. The van der Waals surface area contributed by atoms with Crippen LogP contribution in [0.1, 0.15) is 49.4 Å². The van der Waals surface area contributed by atoms with Crippen LogP contribution in [-0.4, -0.2) is 39.0 Å². The second kappa shape index (κ2) is 6.49. The van der Waals surface area contributed by atoms with Crippen molar-refractivity contribution in [3.05, 3.63) is 35.1 Å². The average molecular weight is 348 g/mol. The van der Waals surface area contributed by atoms with Crippen LogP contribution < -0.4 is 5.32 Å². The molecule has 0 radical (unpaired) electrons. The Balaban J connectivity index is 1.38. The van der Waals surface area contributed by atoms with E-state index in [4.69, 9.17) is 16.1 Å². The largest absolute Gasteiger partial charge is 0.339 e. The highest BCUT2D eigenvalue weighted by Crippen LogP contribution is 2.40. The van der Waals surface area contributed by atoms with Gasteiger partial charge in [0.15, 0.2) is 5.82 Å². The predicted octanol–water partition coefficient (Wildman–Crippen LogP) is 2.77. The van der Waals surface area contributed by atoms with Crippen LogP contribution in [0.4, 0.5) is 5.82 Å². The van der Waals surface area contributed by atoms with Gasteiger partial charge in [-0.25, -0.2) is 4.98 Å². The number of halogens is 1. The Bertz CT molecular complexity index is 728. The fourth-order valence-corrected chi connectivity index (χ4v) is 3.11. The van der Waals surface area contributed by atoms with Crippen LogP contribution in [0, 0.1) is 0 Å². The van der Waals surface area contributed by atoms with E-state index in [1.54, 1.807) is 12.1 Å². The van der Waals surface area contributed by atoms with Gasteiger partial charge in [0.2, 0.25) is 11.8 Å². The van der Waals surface area contributed by atoms with Crippen LogP contribution in [-0.2, 0) is 4.79 Å². The lowest BCUT2D eigenvalue weighted by atomic mass is 10.2. The van der Waals surface area contributed by atoms with Gasteiger partial charge in [0.1, 0.15) is 5.82 Å². The number of hydrogen-bond donors (Lipinski definition) is 1. The van der Waals surface area contributed by atoms with E-state index in [9.17, 15) is 4.79 Å². The fourth-order valence-electron chi connectivity index (χ4n) is 3.00. The molecule has 2 aromatic heterocycles. The Labute approximate surface area is 144 Å². The maximum atomic E-state index is 12.3. The summed E-state index contributed by atoms with van der Waals surface area (Å²) in [5, 5.41) is 7.45. The molecule has 4 rings (SSSR count). The molecular weight excluding hydrogens is 330 g/mol. The van der Waals surface area contributed by atoms with Gasteiger partial charge in [-0.05, 0) is 44.4 Å². The number of carbonyl (C=O) groups is 1. The van der Waals surface area contributed by atoms with Crippen molar-refractivity contribution in [1.29, 1.82) is 0 Å². The average Bonchev–Trinajstić information content (AvgIpc) is 3.12. The first-order chi connectivity index (χ1) is 11.7. The number of likely N-dealkylation sites (tertiary alicyclic amines) is 1. The molecule has 1 saturated carbocycles. The molecule has 126 valence electrons. The zero-order valence-electron chi connectivity index (χ0n) is 13.1. The van der Waals surface area contributed by atoms with Crippen molar-refractivity contribution in [2.45, 2.75) is 37.6 Å². The lowest BCUT2D eigenvalue weighted by Gasteiger charge is -2.20. The van der Waals surface area contributed by atoms with E-state index in [0.717, 1.165) is 38.1 Å². The Morgan fingerprint density at radius 1 is 1.38 bits per heavy atom. The summed E-state index contributed by atoms with van der Waals surface area (Å²) < 4.78 is 5.35. The van der Waals surface area contributed by atoms with Crippen LogP contribution in [0.5, 0.6) is 0 Å². The molecule has 1 amide bonds. The summed E-state index contributed by atoms with van der Waals surface area (Å²) >= 11 is 5.80. The third-order valence-corrected chi connectivity index (χ3v) is 4.61. The topological polar surface area (TPSA) is 84.2 Å². The van der Waals surface area contributed by atoms with Gasteiger partial charge in [-0.2, -0.15) is 4.98 Å². The number of nitrogens with zero attached hydrogens (tertiary/aromatic N) is 4. The number of hydrogen-bond acceptors (Lipinski definition) is 6. The number of aromatic nitrogens is 3. The van der Waals surface area contributed by atoms with Crippen LogP contribution in [0.3, 0.4) is 0 Å². The highest BCUT2D eigenvalue weighted by molar-refractivity contribution is 6.30. The van der Waals surface area contributed by atoms with Crippen molar-refractivity contribution in [3.8, 4) is 0 Å². The number of rotatable bonds is 5. The molecule has 1 aliphatic heterocycles. The minimum absolute atomic E-state index is 0.0465. The lowest BCUT2D eigenvalue weighted by Crippen LogP contribution is -2.33. The van der Waals surface area contributed by atoms with E-state index in [0.29, 0.717) is 22.6 Å². The minimum Gasteiger partial charge on any atom is -0.339 e. The van der Waals surface area contributed by atoms with E-state index in [1.165, 1.54) is 6.20 Å². The summed E-state index contributed by atoms with van der Waals surface area (Å²) in [5.74, 6) is 2.28. The lowest BCUT2D eigenvalue weighted by molar-refractivity contribution is -0.117. The molecule has 2 fully saturated rings. The van der Waals surface area contributed by atoms with Gasteiger partial charge in [0.05, 0.1) is 17.6 Å². The zero-order chi connectivity index (χ0) is 16.5. The Hall–Kier alpha value is -1.99. The zero-order valence-corrected chi connectivity index (χ0v) is 13.9. The second-order valence-electron chi connectivity index (χ2n) is 6.30. The summed E-state index contributed by atoms with van der Waals surface area (Å²) in [5.41, 5.74) is 0. The molecule has 8 heteroatoms. The molecule has 2 aromatic rings. The number of amides is 1. The molecule has 7 nitrogen and oxygen atoms in total. The second-order valence-corrected chi connectivity index (χ2v) is 6.74. The van der Waals surface area contributed by atoms with Gasteiger partial charge in [-0.3, -0.25) is 9.69 Å². The highest BCUT2D eigenvalue weighted by atomic mass is 35.5. The summed E-state index contributed by atoms with van der Waals surface area (Å²) in [6, 6.07) is 3.43. The number of anilines is 1. The molecule has 0 bridgehead atoms. The first-order valence-electron chi connectivity index (χ1n) is 8.18. The van der Waals surface area contributed by atoms with Gasteiger partial charge in [-0.15, -0.1) is 0 Å². The van der Waals surface area contributed by atoms with Crippen molar-refractivity contribution in [2.75, 3.05) is 18.4 Å². The van der Waals surface area contributed by atoms with Crippen LogP contribution >= 0.6 is 11.6 Å². The molecule has 1 aliphatic carbocycles. The molecule has 0 spiro atoms. The summed E-state index contributed by atoms with van der Waals surface area (Å²) in [6.45, 7) is 1.13. The molecule has 2 aliphatic rings. The number of pyridine rings is 1. The van der Waals surface area contributed by atoms with E-state index >= 15 is 0 Å². The number of nitrogens with one attached hydrogen (secondary N) is 1. The third-order valence-electron chi connectivity index (χ3n) is 4.39.